The number of carboxylic acid groups (broad SMARTS) is 3. The summed E-state index contributed by atoms with van der Waals surface area (Å²) in [5.41, 5.74) is 10.5. The van der Waals surface area contributed by atoms with E-state index in [2.05, 4.69) is 0 Å². The van der Waals surface area contributed by atoms with Crippen LogP contribution in [0.4, 0.5) is 0 Å². The Morgan fingerprint density at radius 1 is 0.714 bits per heavy atom. The van der Waals surface area contributed by atoms with Crippen molar-refractivity contribution in [2.75, 3.05) is 13.1 Å². The summed E-state index contributed by atoms with van der Waals surface area (Å²) in [5.74, 6) is -3.05. The first-order chi connectivity index (χ1) is 13.3. The number of benzene rings is 1. The predicted molar refractivity (Wildman–Crippen MR) is 105 cm³/mol. The summed E-state index contributed by atoms with van der Waals surface area (Å²) in [7, 11) is 0. The van der Waals surface area contributed by atoms with Crippen LogP contribution >= 0.6 is 0 Å². The van der Waals surface area contributed by atoms with Gasteiger partial charge in [-0.3, -0.25) is 9.59 Å². The fourth-order valence-corrected chi connectivity index (χ4v) is 1.85. The van der Waals surface area contributed by atoms with Crippen LogP contribution in [0.1, 0.15) is 61.7 Å². The normalized spacial score (nSPS) is 9.36. The number of nitrogens with two attached hydrogens (primary N) is 2. The maximum atomic E-state index is 10.3. The number of unbranched alkanes of at least 4 members (excludes halogenated alkanes) is 4. The van der Waals surface area contributed by atoms with E-state index in [-0.39, 0.29) is 24.2 Å². The van der Waals surface area contributed by atoms with Crippen molar-refractivity contribution in [2.45, 2.75) is 51.4 Å². The highest BCUT2D eigenvalue weighted by Gasteiger charge is 2.05. The molecule has 0 aliphatic heterocycles. The molecule has 9 heteroatoms. The maximum Gasteiger partial charge on any atom is 0.339 e. The van der Waals surface area contributed by atoms with E-state index in [4.69, 9.17) is 31.9 Å². The van der Waals surface area contributed by atoms with Gasteiger partial charge in [0.05, 0.1) is 0 Å². The van der Waals surface area contributed by atoms with Gasteiger partial charge in [-0.2, -0.15) is 0 Å². The van der Waals surface area contributed by atoms with Crippen molar-refractivity contribution in [3.8, 4) is 5.75 Å². The number of rotatable bonds is 11. The van der Waals surface area contributed by atoms with Gasteiger partial charge in [0, 0.05) is 12.8 Å². The molecule has 0 amide bonds. The van der Waals surface area contributed by atoms with Gasteiger partial charge in [0.1, 0.15) is 11.3 Å². The highest BCUT2D eigenvalue weighted by Crippen LogP contribution is 2.14. The standard InChI is InChI=1S/C7H6O3.C6H16N2.C6H10O4/c8-6-4-2-1-3-5(6)7(9)10;7-5-3-1-2-4-6-8;7-5(8)3-1-2-4-6(9)10/h1-4,8H,(H,9,10);1-8H2;1-4H2,(H,7,8)(H,9,10). The molecule has 0 fully saturated rings. The number of hydrogen-bond donors (Lipinski definition) is 6. The van der Waals surface area contributed by atoms with E-state index in [9.17, 15) is 14.4 Å². The Bertz CT molecular complexity index is 543. The Labute approximate surface area is 165 Å². The number of carboxylic acids is 3. The first kappa shape index (κ1) is 27.6. The molecule has 0 aromatic heterocycles. The van der Waals surface area contributed by atoms with Crippen LogP contribution in [0.5, 0.6) is 5.75 Å². The molecule has 0 aliphatic rings. The van der Waals surface area contributed by atoms with Crippen LogP contribution in [0.25, 0.3) is 0 Å². The maximum absolute atomic E-state index is 10.3. The zero-order valence-electron chi connectivity index (χ0n) is 16.0. The fourth-order valence-electron chi connectivity index (χ4n) is 1.85. The van der Waals surface area contributed by atoms with E-state index in [1.165, 1.54) is 25.0 Å². The Balaban J connectivity index is 0. The van der Waals surface area contributed by atoms with Gasteiger partial charge in [-0.05, 0) is 50.9 Å². The number of aliphatic carboxylic acids is 2. The Morgan fingerprint density at radius 2 is 1.14 bits per heavy atom. The summed E-state index contributed by atoms with van der Waals surface area (Å²) in [6, 6.07) is 5.81. The van der Waals surface area contributed by atoms with Gasteiger partial charge < -0.3 is 31.9 Å². The summed E-state index contributed by atoms with van der Waals surface area (Å²) in [4.78, 5) is 30.1. The second kappa shape index (κ2) is 19.1. The Kier molecular flexibility index (Phi) is 18.8. The number of aromatic hydroxyl groups is 1. The third-order valence-corrected chi connectivity index (χ3v) is 3.32. The lowest BCUT2D eigenvalue weighted by Crippen LogP contribution is -2.00. The summed E-state index contributed by atoms with van der Waals surface area (Å²) in [5, 5.41) is 33.6. The van der Waals surface area contributed by atoms with Gasteiger partial charge in [-0.1, -0.05) is 25.0 Å². The molecule has 0 radical (unpaired) electrons. The van der Waals surface area contributed by atoms with E-state index in [0.717, 1.165) is 25.9 Å². The monoisotopic (exact) mass is 400 g/mol. The molecule has 9 nitrogen and oxygen atoms in total. The van der Waals surface area contributed by atoms with Gasteiger partial charge in [0.25, 0.3) is 0 Å². The Morgan fingerprint density at radius 3 is 1.43 bits per heavy atom. The molecule has 0 atom stereocenters. The summed E-state index contributed by atoms with van der Waals surface area (Å²) < 4.78 is 0. The van der Waals surface area contributed by atoms with Crippen LogP contribution in [0.2, 0.25) is 0 Å². The van der Waals surface area contributed by atoms with Crippen LogP contribution in [0.3, 0.4) is 0 Å². The predicted octanol–water partition coefficient (Wildman–Crippen LogP) is 2.27. The molecule has 1 aromatic carbocycles. The third kappa shape index (κ3) is 19.7. The van der Waals surface area contributed by atoms with Crippen LogP contribution in [-0.2, 0) is 9.59 Å². The van der Waals surface area contributed by atoms with Crippen LogP contribution in [-0.4, -0.2) is 51.4 Å². The van der Waals surface area contributed by atoms with Crippen molar-refractivity contribution in [2.24, 2.45) is 11.5 Å². The topological polar surface area (TPSA) is 184 Å². The minimum Gasteiger partial charge on any atom is -0.507 e. The number of phenols is 1. The average molecular weight is 400 g/mol. The highest BCUT2D eigenvalue weighted by molar-refractivity contribution is 5.90. The molecular formula is C19H32N2O7. The Hall–Kier alpha value is -2.65. The van der Waals surface area contributed by atoms with Gasteiger partial charge in [-0.25, -0.2) is 4.79 Å². The first-order valence-electron chi connectivity index (χ1n) is 9.11. The zero-order chi connectivity index (χ0) is 21.8. The molecule has 0 bridgehead atoms. The van der Waals surface area contributed by atoms with Crippen LogP contribution in [0.15, 0.2) is 24.3 Å². The largest absolute Gasteiger partial charge is 0.507 e. The molecule has 0 saturated carbocycles. The van der Waals surface area contributed by atoms with Crippen molar-refractivity contribution < 1.29 is 34.8 Å². The van der Waals surface area contributed by atoms with E-state index >= 15 is 0 Å². The molecule has 1 aromatic rings. The molecule has 160 valence electrons. The molecule has 8 N–H and O–H groups in total. The van der Waals surface area contributed by atoms with Crippen molar-refractivity contribution in [3.05, 3.63) is 29.8 Å². The second-order valence-corrected chi connectivity index (χ2v) is 5.81. The molecule has 28 heavy (non-hydrogen) atoms. The van der Waals surface area contributed by atoms with E-state index in [1.54, 1.807) is 12.1 Å². The van der Waals surface area contributed by atoms with E-state index in [0.29, 0.717) is 12.8 Å². The number of hydrogen-bond acceptors (Lipinski definition) is 6. The minimum atomic E-state index is -1.11. The van der Waals surface area contributed by atoms with Crippen molar-refractivity contribution in [1.29, 1.82) is 0 Å². The van der Waals surface area contributed by atoms with Crippen molar-refractivity contribution in [3.63, 3.8) is 0 Å². The number of aromatic carboxylic acids is 1. The van der Waals surface area contributed by atoms with E-state index in [1.807, 2.05) is 0 Å². The molecular weight excluding hydrogens is 368 g/mol. The third-order valence-electron chi connectivity index (χ3n) is 3.32. The zero-order valence-corrected chi connectivity index (χ0v) is 16.0. The summed E-state index contributed by atoms with van der Waals surface area (Å²) in [6.07, 6.45) is 5.81. The molecule has 0 spiro atoms. The molecule has 0 unspecified atom stereocenters. The molecule has 0 aliphatic carbocycles. The molecule has 0 saturated heterocycles. The van der Waals surface area contributed by atoms with Gasteiger partial charge >= 0.3 is 17.9 Å². The van der Waals surface area contributed by atoms with E-state index < -0.39 is 17.9 Å². The minimum absolute atomic E-state index is 0.0628. The summed E-state index contributed by atoms with van der Waals surface area (Å²) >= 11 is 0. The molecule has 0 heterocycles. The smallest absolute Gasteiger partial charge is 0.339 e. The van der Waals surface area contributed by atoms with Crippen LogP contribution in [0, 0.1) is 0 Å². The summed E-state index contributed by atoms with van der Waals surface area (Å²) in [6.45, 7) is 1.65. The lowest BCUT2D eigenvalue weighted by Gasteiger charge is -1.95. The van der Waals surface area contributed by atoms with Gasteiger partial charge in [0.2, 0.25) is 0 Å². The van der Waals surface area contributed by atoms with Crippen molar-refractivity contribution in [1.82, 2.24) is 0 Å². The fraction of sp³-hybridized carbons (Fsp3) is 0.526. The highest BCUT2D eigenvalue weighted by atomic mass is 16.4. The average Bonchev–Trinajstić information content (AvgIpc) is 2.63. The van der Waals surface area contributed by atoms with Gasteiger partial charge in [0.15, 0.2) is 0 Å². The lowest BCUT2D eigenvalue weighted by atomic mass is 10.2. The van der Waals surface area contributed by atoms with Crippen molar-refractivity contribution >= 4 is 17.9 Å². The lowest BCUT2D eigenvalue weighted by molar-refractivity contribution is -0.139. The second-order valence-electron chi connectivity index (χ2n) is 5.81. The quantitative estimate of drug-likeness (QED) is 0.303. The number of carbonyl (C=O) groups is 3. The SMILES string of the molecule is NCCCCCCN.O=C(O)CCCCC(=O)O.O=C(O)c1ccccc1O. The number of para-hydroxylation sites is 1. The van der Waals surface area contributed by atoms with Gasteiger partial charge in [-0.15, -0.1) is 0 Å². The first-order valence-corrected chi connectivity index (χ1v) is 9.11. The van der Waals surface area contributed by atoms with Crippen LogP contribution < -0.4 is 11.5 Å². The molecule has 1 rings (SSSR count).